The van der Waals surface area contributed by atoms with Crippen LogP contribution in [-0.4, -0.2) is 20.2 Å². The van der Waals surface area contributed by atoms with Gasteiger partial charge in [0.05, 0.1) is 11.9 Å². The molecule has 0 bridgehead atoms. The van der Waals surface area contributed by atoms with Crippen LogP contribution in [0.2, 0.25) is 0 Å². The van der Waals surface area contributed by atoms with Gasteiger partial charge in [-0.05, 0) is 66.3 Å². The fraction of sp³-hybridized carbons (Fsp3) is 0.150. The van der Waals surface area contributed by atoms with Crippen molar-refractivity contribution in [1.82, 2.24) is 20.2 Å². The van der Waals surface area contributed by atoms with E-state index in [0.717, 1.165) is 33.4 Å². The van der Waals surface area contributed by atoms with Gasteiger partial charge in [0.2, 0.25) is 0 Å². The molecule has 25 heavy (non-hydrogen) atoms. The van der Waals surface area contributed by atoms with Crippen LogP contribution < -0.4 is 0 Å². The molecule has 0 radical (unpaired) electrons. The number of benzene rings is 1. The minimum atomic E-state index is -0.251. The second-order valence-corrected chi connectivity index (χ2v) is 6.40. The minimum absolute atomic E-state index is 0.251. The van der Waals surface area contributed by atoms with Gasteiger partial charge in [-0.1, -0.05) is 0 Å². The zero-order chi connectivity index (χ0) is 16.8. The Kier molecular flexibility index (Phi) is 3.13. The summed E-state index contributed by atoms with van der Waals surface area (Å²) in [6.45, 7) is 0. The number of H-pyrrole nitrogens is 1. The lowest BCUT2D eigenvalue weighted by atomic mass is 9.91. The predicted octanol–water partition coefficient (Wildman–Crippen LogP) is 4.70. The summed E-state index contributed by atoms with van der Waals surface area (Å²) in [5.41, 5.74) is 5.98. The number of hydrogen-bond donors (Lipinski definition) is 1. The van der Waals surface area contributed by atoms with E-state index < -0.39 is 0 Å². The number of halogens is 1. The van der Waals surface area contributed by atoms with Crippen LogP contribution in [0.5, 0.6) is 0 Å². The topological polar surface area (TPSA) is 54.5 Å². The molecule has 4 nitrogen and oxygen atoms in total. The Labute approximate surface area is 143 Å². The van der Waals surface area contributed by atoms with Gasteiger partial charge in [-0.2, -0.15) is 5.10 Å². The van der Waals surface area contributed by atoms with Crippen molar-refractivity contribution in [2.45, 2.75) is 18.8 Å². The monoisotopic (exact) mass is 330 g/mol. The third kappa shape index (κ3) is 2.39. The van der Waals surface area contributed by atoms with Crippen LogP contribution in [0.15, 0.2) is 55.0 Å². The molecule has 0 spiro atoms. The molecule has 122 valence electrons. The van der Waals surface area contributed by atoms with Crippen molar-refractivity contribution in [2.75, 3.05) is 0 Å². The molecule has 1 saturated carbocycles. The van der Waals surface area contributed by atoms with Crippen molar-refractivity contribution in [3.8, 4) is 22.4 Å². The number of fused-ring (bicyclic) bond motifs is 1. The van der Waals surface area contributed by atoms with Crippen LogP contribution in [0, 0.1) is 5.82 Å². The summed E-state index contributed by atoms with van der Waals surface area (Å²) in [6.07, 6.45) is 7.78. The van der Waals surface area contributed by atoms with Gasteiger partial charge in [0.25, 0.3) is 0 Å². The molecule has 1 N–H and O–H groups in total. The van der Waals surface area contributed by atoms with Gasteiger partial charge < -0.3 is 0 Å². The molecule has 1 fully saturated rings. The van der Waals surface area contributed by atoms with Crippen molar-refractivity contribution >= 4 is 11.0 Å². The molecule has 3 aromatic heterocycles. The zero-order valence-corrected chi connectivity index (χ0v) is 13.4. The summed E-state index contributed by atoms with van der Waals surface area (Å²) >= 11 is 0. The van der Waals surface area contributed by atoms with E-state index in [1.54, 1.807) is 24.5 Å². The lowest BCUT2D eigenvalue weighted by Gasteiger charge is -2.15. The van der Waals surface area contributed by atoms with Crippen LogP contribution in [0.4, 0.5) is 4.39 Å². The van der Waals surface area contributed by atoms with Crippen LogP contribution >= 0.6 is 0 Å². The summed E-state index contributed by atoms with van der Waals surface area (Å²) in [6, 6.07) is 10.5. The third-order valence-corrected chi connectivity index (χ3v) is 4.71. The largest absolute Gasteiger partial charge is 0.265 e. The molecular formula is C20H15FN4. The van der Waals surface area contributed by atoms with E-state index in [1.807, 2.05) is 18.3 Å². The summed E-state index contributed by atoms with van der Waals surface area (Å²) in [4.78, 5) is 8.96. The molecule has 4 aromatic rings. The van der Waals surface area contributed by atoms with Gasteiger partial charge in [0, 0.05) is 28.9 Å². The first-order valence-corrected chi connectivity index (χ1v) is 8.34. The zero-order valence-electron chi connectivity index (χ0n) is 13.4. The van der Waals surface area contributed by atoms with Crippen molar-refractivity contribution in [2.24, 2.45) is 0 Å². The summed E-state index contributed by atoms with van der Waals surface area (Å²) in [7, 11) is 0. The van der Waals surface area contributed by atoms with E-state index in [2.05, 4.69) is 15.2 Å². The second kappa shape index (κ2) is 5.48. The van der Waals surface area contributed by atoms with Crippen molar-refractivity contribution < 1.29 is 4.39 Å². The first kappa shape index (κ1) is 14.3. The minimum Gasteiger partial charge on any atom is -0.265 e. The Morgan fingerprint density at radius 2 is 1.72 bits per heavy atom. The average molecular weight is 330 g/mol. The highest BCUT2D eigenvalue weighted by molar-refractivity contribution is 5.95. The Morgan fingerprint density at radius 3 is 2.44 bits per heavy atom. The Balaban J connectivity index is 1.88. The molecular weight excluding hydrogens is 315 g/mol. The van der Waals surface area contributed by atoms with E-state index in [4.69, 9.17) is 4.98 Å². The Bertz CT molecular complexity index is 1050. The van der Waals surface area contributed by atoms with Gasteiger partial charge in [0.15, 0.2) is 5.65 Å². The molecule has 0 atom stereocenters. The van der Waals surface area contributed by atoms with Crippen molar-refractivity contribution in [3.63, 3.8) is 0 Å². The molecule has 1 aromatic carbocycles. The number of rotatable bonds is 3. The van der Waals surface area contributed by atoms with Gasteiger partial charge in [0.1, 0.15) is 5.82 Å². The molecule has 0 saturated heterocycles. The maximum Gasteiger partial charge on any atom is 0.156 e. The van der Waals surface area contributed by atoms with Crippen molar-refractivity contribution in [1.29, 1.82) is 0 Å². The van der Waals surface area contributed by atoms with Gasteiger partial charge in [-0.15, -0.1) is 0 Å². The van der Waals surface area contributed by atoms with E-state index in [9.17, 15) is 4.39 Å². The molecule has 3 heterocycles. The SMILES string of the molecule is Fc1ccc(-c2nc3[nH]ncc3c(C3CC3)c2-c2ccncc2)cc1. The van der Waals surface area contributed by atoms with E-state index >= 15 is 0 Å². The summed E-state index contributed by atoms with van der Waals surface area (Å²) < 4.78 is 13.4. The highest BCUT2D eigenvalue weighted by Crippen LogP contribution is 2.49. The summed E-state index contributed by atoms with van der Waals surface area (Å²) in [5.74, 6) is 0.268. The van der Waals surface area contributed by atoms with Crippen LogP contribution in [0.1, 0.15) is 24.3 Å². The molecule has 5 rings (SSSR count). The molecule has 0 unspecified atom stereocenters. The lowest BCUT2D eigenvalue weighted by molar-refractivity contribution is 0.628. The van der Waals surface area contributed by atoms with E-state index in [0.29, 0.717) is 5.92 Å². The Morgan fingerprint density at radius 1 is 0.960 bits per heavy atom. The average Bonchev–Trinajstić information content (AvgIpc) is 3.38. The number of nitrogens with one attached hydrogen (secondary N) is 1. The van der Waals surface area contributed by atoms with Gasteiger partial charge in [-0.25, -0.2) is 9.37 Å². The first-order valence-electron chi connectivity index (χ1n) is 8.34. The van der Waals surface area contributed by atoms with E-state index in [-0.39, 0.29) is 5.82 Å². The van der Waals surface area contributed by atoms with Crippen LogP contribution in [0.25, 0.3) is 33.4 Å². The van der Waals surface area contributed by atoms with Gasteiger partial charge >= 0.3 is 0 Å². The molecule has 5 heteroatoms. The molecule has 0 amide bonds. The normalized spacial score (nSPS) is 14.1. The third-order valence-electron chi connectivity index (χ3n) is 4.71. The quantitative estimate of drug-likeness (QED) is 0.592. The molecule has 1 aliphatic carbocycles. The fourth-order valence-electron chi connectivity index (χ4n) is 3.42. The number of nitrogens with zero attached hydrogens (tertiary/aromatic N) is 3. The molecule has 1 aliphatic rings. The molecule has 0 aliphatic heterocycles. The number of aromatic amines is 1. The van der Waals surface area contributed by atoms with Crippen LogP contribution in [-0.2, 0) is 0 Å². The highest BCUT2D eigenvalue weighted by atomic mass is 19.1. The summed E-state index contributed by atoms with van der Waals surface area (Å²) in [5, 5.41) is 8.26. The second-order valence-electron chi connectivity index (χ2n) is 6.40. The highest BCUT2D eigenvalue weighted by Gasteiger charge is 2.31. The lowest BCUT2D eigenvalue weighted by Crippen LogP contribution is -1.97. The van der Waals surface area contributed by atoms with Crippen molar-refractivity contribution in [3.05, 3.63) is 66.4 Å². The number of aromatic nitrogens is 4. The number of pyridine rings is 2. The van der Waals surface area contributed by atoms with E-state index in [1.165, 1.54) is 30.5 Å². The Hall–Kier alpha value is -3.08. The predicted molar refractivity (Wildman–Crippen MR) is 94.5 cm³/mol. The maximum absolute atomic E-state index is 13.4. The van der Waals surface area contributed by atoms with Crippen LogP contribution in [0.3, 0.4) is 0 Å². The van der Waals surface area contributed by atoms with Gasteiger partial charge in [-0.3, -0.25) is 10.1 Å². The fourth-order valence-corrected chi connectivity index (χ4v) is 3.42. The number of hydrogen-bond acceptors (Lipinski definition) is 3. The maximum atomic E-state index is 13.4. The smallest absolute Gasteiger partial charge is 0.156 e. The standard InChI is InChI=1S/C20H15FN4/c21-15-5-3-14(4-6-15)19-18(13-7-9-22-10-8-13)17(12-1-2-12)16-11-23-25-20(16)24-19/h3-12H,1-2H2,(H,23,24,25). The first-order chi connectivity index (χ1) is 12.3.